The van der Waals surface area contributed by atoms with Gasteiger partial charge >= 0.3 is 0 Å². The van der Waals surface area contributed by atoms with E-state index in [1.54, 1.807) is 11.7 Å². The molecule has 0 atom stereocenters. The van der Waals surface area contributed by atoms with E-state index in [4.69, 9.17) is 9.72 Å². The maximum absolute atomic E-state index is 12.9. The van der Waals surface area contributed by atoms with Gasteiger partial charge in [0.25, 0.3) is 5.56 Å². The fraction of sp³-hybridized carbons (Fsp3) is 0.444. The number of aliphatic hydroxyl groups is 1. The summed E-state index contributed by atoms with van der Waals surface area (Å²) in [6.07, 6.45) is 0.645. The Labute approximate surface area is 147 Å². The fourth-order valence-electron chi connectivity index (χ4n) is 3.25. The smallest absolute Gasteiger partial charge is 0.259 e. The van der Waals surface area contributed by atoms with Crippen LogP contribution < -0.4 is 15.2 Å². The maximum atomic E-state index is 12.9. The Morgan fingerprint density at radius 2 is 2.04 bits per heavy atom. The van der Waals surface area contributed by atoms with Crippen molar-refractivity contribution < 1.29 is 9.84 Å². The second-order valence-electron chi connectivity index (χ2n) is 6.06. The molecule has 7 nitrogen and oxygen atoms in total. The molecule has 0 bridgehead atoms. The molecule has 2 heterocycles. The molecule has 1 aliphatic heterocycles. The van der Waals surface area contributed by atoms with Crippen LogP contribution in [0.4, 0.5) is 11.6 Å². The van der Waals surface area contributed by atoms with Crippen molar-refractivity contribution in [2.75, 3.05) is 31.8 Å². The van der Waals surface area contributed by atoms with E-state index in [2.05, 4.69) is 0 Å². The zero-order valence-corrected chi connectivity index (χ0v) is 14.9. The van der Waals surface area contributed by atoms with Gasteiger partial charge in [-0.1, -0.05) is 19.1 Å². The zero-order valence-electron chi connectivity index (χ0n) is 14.9. The summed E-state index contributed by atoms with van der Waals surface area (Å²) >= 11 is 0. The number of nitrogens with zero attached hydrogens (tertiary/aromatic N) is 4. The number of anilines is 2. The molecule has 0 saturated carbocycles. The lowest BCUT2D eigenvalue weighted by atomic mass is 10.2. The lowest BCUT2D eigenvalue weighted by molar-refractivity contribution is 0.152. The molecule has 0 radical (unpaired) electrons. The molecule has 0 saturated heterocycles. The van der Waals surface area contributed by atoms with E-state index < -0.39 is 0 Å². The molecule has 1 aliphatic rings. The van der Waals surface area contributed by atoms with E-state index in [0.717, 1.165) is 16.9 Å². The van der Waals surface area contributed by atoms with Gasteiger partial charge in [-0.3, -0.25) is 19.2 Å². The predicted molar refractivity (Wildman–Crippen MR) is 96.4 cm³/mol. The van der Waals surface area contributed by atoms with Crippen LogP contribution >= 0.6 is 0 Å². The number of aromatic nitrogens is 2. The lowest BCUT2D eigenvalue weighted by Gasteiger charge is -2.38. The molecular weight excluding hydrogens is 320 g/mol. The molecule has 25 heavy (non-hydrogen) atoms. The minimum absolute atomic E-state index is 0.0208. The van der Waals surface area contributed by atoms with Gasteiger partial charge in [-0.25, -0.2) is 4.98 Å². The summed E-state index contributed by atoms with van der Waals surface area (Å²) in [5, 5.41) is 9.35. The number of hydrogen-bond donors (Lipinski definition) is 1. The first kappa shape index (κ1) is 17.4. The van der Waals surface area contributed by atoms with Crippen molar-refractivity contribution in [1.29, 1.82) is 0 Å². The molecule has 0 aliphatic carbocycles. The second-order valence-corrected chi connectivity index (χ2v) is 6.06. The molecule has 1 aromatic carbocycles. The molecule has 3 rings (SSSR count). The van der Waals surface area contributed by atoms with Crippen LogP contribution in [0.25, 0.3) is 0 Å². The van der Waals surface area contributed by atoms with Gasteiger partial charge < -0.3 is 9.84 Å². The molecule has 0 amide bonds. The number of benzene rings is 1. The Kier molecular flexibility index (Phi) is 5.06. The topological polar surface area (TPSA) is 70.8 Å². The third-order valence-electron chi connectivity index (χ3n) is 4.52. The van der Waals surface area contributed by atoms with Gasteiger partial charge in [0.1, 0.15) is 5.75 Å². The Hall–Kier alpha value is -2.38. The number of fused-ring (bicyclic) bond motifs is 1. The number of β-amino-alcohol motifs (C(OH)–C–C–N with tert-alkyl or cyclic N) is 1. The van der Waals surface area contributed by atoms with Crippen molar-refractivity contribution in [1.82, 2.24) is 14.5 Å². The maximum Gasteiger partial charge on any atom is 0.259 e. The molecule has 7 heteroatoms. The van der Waals surface area contributed by atoms with E-state index in [0.29, 0.717) is 38.0 Å². The molecule has 0 fully saturated rings. The van der Waals surface area contributed by atoms with Crippen molar-refractivity contribution in [3.63, 3.8) is 0 Å². The van der Waals surface area contributed by atoms with Gasteiger partial charge in [0.05, 0.1) is 32.7 Å². The van der Waals surface area contributed by atoms with E-state index in [9.17, 15) is 9.90 Å². The molecule has 0 unspecified atom stereocenters. The van der Waals surface area contributed by atoms with Gasteiger partial charge in [0.15, 0.2) is 0 Å². The first-order valence-electron chi connectivity index (χ1n) is 8.44. The van der Waals surface area contributed by atoms with Crippen LogP contribution in [0.1, 0.15) is 18.2 Å². The Balaban J connectivity index is 2.19. The van der Waals surface area contributed by atoms with Gasteiger partial charge in [-0.15, -0.1) is 0 Å². The van der Waals surface area contributed by atoms with E-state index in [1.807, 2.05) is 47.9 Å². The van der Waals surface area contributed by atoms with Gasteiger partial charge in [-0.2, -0.15) is 0 Å². The normalized spacial score (nSPS) is 14.5. The summed E-state index contributed by atoms with van der Waals surface area (Å²) in [6, 6.07) is 7.67. The number of rotatable bonds is 5. The Bertz CT molecular complexity index is 818. The van der Waals surface area contributed by atoms with Gasteiger partial charge in [0, 0.05) is 17.8 Å². The second kappa shape index (κ2) is 7.25. The monoisotopic (exact) mass is 344 g/mol. The lowest BCUT2D eigenvalue weighted by Crippen LogP contribution is -2.48. The zero-order chi connectivity index (χ0) is 18.0. The summed E-state index contributed by atoms with van der Waals surface area (Å²) in [5.74, 6) is 1.32. The molecule has 2 aromatic rings. The summed E-state index contributed by atoms with van der Waals surface area (Å²) in [4.78, 5) is 21.6. The van der Waals surface area contributed by atoms with Crippen LogP contribution in [-0.4, -0.2) is 46.5 Å². The minimum Gasteiger partial charge on any atom is -0.495 e. The number of hydrogen-bond acceptors (Lipinski definition) is 6. The number of para-hydroxylation sites is 2. The fourth-order valence-corrected chi connectivity index (χ4v) is 3.25. The summed E-state index contributed by atoms with van der Waals surface area (Å²) in [5.41, 5.74) is 2.31. The Morgan fingerprint density at radius 1 is 1.28 bits per heavy atom. The van der Waals surface area contributed by atoms with Crippen LogP contribution in [-0.2, 0) is 13.1 Å². The van der Waals surface area contributed by atoms with Crippen LogP contribution in [0.2, 0.25) is 0 Å². The number of ether oxygens (including phenoxy) is 1. The van der Waals surface area contributed by atoms with Crippen LogP contribution in [0.3, 0.4) is 0 Å². The SMILES string of the molecule is CCc1c(C)nc2n(c1=O)CN(CCO)CN2c1ccccc1OC. The average Bonchev–Trinajstić information content (AvgIpc) is 2.62. The third kappa shape index (κ3) is 3.12. The number of aryl methyl sites for hydroxylation is 1. The first-order valence-corrected chi connectivity index (χ1v) is 8.44. The first-order chi connectivity index (χ1) is 12.1. The van der Waals surface area contributed by atoms with Crippen LogP contribution in [0.15, 0.2) is 29.1 Å². The average molecular weight is 344 g/mol. The van der Waals surface area contributed by atoms with Crippen molar-refractivity contribution in [2.24, 2.45) is 0 Å². The molecule has 134 valence electrons. The van der Waals surface area contributed by atoms with E-state index in [-0.39, 0.29) is 12.2 Å². The highest BCUT2D eigenvalue weighted by atomic mass is 16.5. The number of methoxy groups -OCH3 is 1. The highest BCUT2D eigenvalue weighted by Crippen LogP contribution is 2.34. The summed E-state index contributed by atoms with van der Waals surface area (Å²) in [6.45, 7) is 5.29. The van der Waals surface area contributed by atoms with Crippen LogP contribution in [0.5, 0.6) is 5.75 Å². The van der Waals surface area contributed by atoms with Crippen molar-refractivity contribution in [2.45, 2.75) is 26.9 Å². The number of aliphatic hydroxyl groups excluding tert-OH is 1. The molecule has 0 spiro atoms. The van der Waals surface area contributed by atoms with Gasteiger partial charge in [0.2, 0.25) is 5.95 Å². The quantitative estimate of drug-likeness (QED) is 0.886. The van der Waals surface area contributed by atoms with Gasteiger partial charge in [-0.05, 0) is 25.5 Å². The van der Waals surface area contributed by atoms with Crippen LogP contribution in [0, 0.1) is 6.92 Å². The molecule has 1 aromatic heterocycles. The standard InChI is InChI=1S/C18H24N4O3/c1-4-14-13(2)19-18-21(15-7-5-6-8-16(15)25-3)11-20(9-10-23)12-22(18)17(14)24/h5-8,23H,4,9-12H2,1-3H3. The van der Waals surface area contributed by atoms with E-state index in [1.165, 1.54) is 0 Å². The van der Waals surface area contributed by atoms with Crippen molar-refractivity contribution >= 4 is 11.6 Å². The Morgan fingerprint density at radius 3 is 2.72 bits per heavy atom. The summed E-state index contributed by atoms with van der Waals surface area (Å²) in [7, 11) is 1.63. The highest BCUT2D eigenvalue weighted by molar-refractivity contribution is 5.66. The van der Waals surface area contributed by atoms with E-state index >= 15 is 0 Å². The largest absolute Gasteiger partial charge is 0.495 e. The highest BCUT2D eigenvalue weighted by Gasteiger charge is 2.28. The minimum atomic E-state index is -0.0208. The van der Waals surface area contributed by atoms with Crippen molar-refractivity contribution in [3.05, 3.63) is 45.9 Å². The molecular formula is C18H24N4O3. The predicted octanol–water partition coefficient (Wildman–Crippen LogP) is 1.48. The van der Waals surface area contributed by atoms with Crippen molar-refractivity contribution in [3.8, 4) is 5.75 Å². The third-order valence-corrected chi connectivity index (χ3v) is 4.52. The molecule has 1 N–H and O–H groups in total. The summed E-state index contributed by atoms with van der Waals surface area (Å²) < 4.78 is 7.17.